The van der Waals surface area contributed by atoms with Gasteiger partial charge in [-0.15, -0.1) is 0 Å². The van der Waals surface area contributed by atoms with Crippen LogP contribution in [0.4, 0.5) is 4.79 Å². The molecule has 2 amide bonds. The van der Waals surface area contributed by atoms with Crippen molar-refractivity contribution in [3.63, 3.8) is 0 Å². The molecule has 0 bridgehead atoms. The summed E-state index contributed by atoms with van der Waals surface area (Å²) in [5.74, 6) is -0.721. The molecule has 3 aromatic carbocycles. The van der Waals surface area contributed by atoms with Crippen LogP contribution in [0.3, 0.4) is 0 Å². The Morgan fingerprint density at radius 3 is 2.16 bits per heavy atom. The molecule has 0 saturated carbocycles. The lowest BCUT2D eigenvalue weighted by molar-refractivity contribution is -0.139. The Morgan fingerprint density at radius 2 is 1.57 bits per heavy atom. The van der Waals surface area contributed by atoms with Crippen molar-refractivity contribution in [2.24, 2.45) is 5.92 Å². The molecule has 3 N–H and O–H groups in total. The van der Waals surface area contributed by atoms with E-state index in [1.54, 1.807) is 45.0 Å². The number of amides is 2. The monoisotopic (exact) mass is 663 g/mol. The number of nitrogens with zero attached hydrogens (tertiary/aromatic N) is 1. The van der Waals surface area contributed by atoms with Gasteiger partial charge in [-0.05, 0) is 93.6 Å². The second-order valence-electron chi connectivity index (χ2n) is 12.4. The number of hydrogen-bond acceptors (Lipinski definition) is 5. The molecule has 1 saturated heterocycles. The molecule has 1 heterocycles. The van der Waals surface area contributed by atoms with Gasteiger partial charge in [-0.2, -0.15) is 0 Å². The maximum atomic E-state index is 13.2. The van der Waals surface area contributed by atoms with Crippen LogP contribution < -0.4 is 10.6 Å². The van der Waals surface area contributed by atoms with Gasteiger partial charge in [0.2, 0.25) is 0 Å². The lowest BCUT2D eigenvalue weighted by atomic mass is 9.80. The second-order valence-corrected chi connectivity index (χ2v) is 13.3. The molecule has 3 aromatic rings. The molecule has 2 atom stereocenters. The number of ether oxygens (including phenoxy) is 1. The molecule has 9 heteroatoms. The van der Waals surface area contributed by atoms with Crippen LogP contribution in [0.2, 0.25) is 0 Å². The van der Waals surface area contributed by atoms with E-state index in [-0.39, 0.29) is 18.2 Å². The van der Waals surface area contributed by atoms with Crippen molar-refractivity contribution >= 4 is 33.9 Å². The van der Waals surface area contributed by atoms with Gasteiger partial charge in [-0.25, -0.2) is 9.59 Å². The Balaban J connectivity index is 1.36. The van der Waals surface area contributed by atoms with E-state index in [2.05, 4.69) is 80.0 Å². The molecule has 0 aliphatic carbocycles. The smallest absolute Gasteiger partial charge is 0.408 e. The van der Waals surface area contributed by atoms with Gasteiger partial charge in [-0.3, -0.25) is 9.69 Å². The molecule has 1 fully saturated rings. The van der Waals surface area contributed by atoms with Gasteiger partial charge >= 0.3 is 12.1 Å². The molecule has 1 aliphatic heterocycles. The molecule has 8 nitrogen and oxygen atoms in total. The summed E-state index contributed by atoms with van der Waals surface area (Å²) in [6.45, 7) is 8.64. The van der Waals surface area contributed by atoms with Crippen molar-refractivity contribution in [1.82, 2.24) is 15.5 Å². The summed E-state index contributed by atoms with van der Waals surface area (Å²) < 4.78 is 6.21. The quantitative estimate of drug-likeness (QED) is 0.219. The van der Waals surface area contributed by atoms with Crippen molar-refractivity contribution in [2.75, 3.05) is 19.6 Å². The van der Waals surface area contributed by atoms with Crippen LogP contribution in [0.25, 0.3) is 0 Å². The molecular formula is C35H42BrN3O5. The number of hydrogen-bond donors (Lipinski definition) is 3. The normalized spacial score (nSPS) is 15.6. The fourth-order valence-corrected chi connectivity index (χ4v) is 5.87. The molecule has 0 aromatic heterocycles. The number of carbonyl (C=O) groups excluding carboxylic acids is 2. The predicted molar refractivity (Wildman–Crippen MR) is 175 cm³/mol. The van der Waals surface area contributed by atoms with Crippen LogP contribution in [0.1, 0.15) is 66.6 Å². The van der Waals surface area contributed by atoms with E-state index in [9.17, 15) is 19.5 Å². The Morgan fingerprint density at radius 1 is 0.932 bits per heavy atom. The summed E-state index contributed by atoms with van der Waals surface area (Å²) in [4.78, 5) is 39.6. The molecule has 44 heavy (non-hydrogen) atoms. The highest BCUT2D eigenvalue weighted by Gasteiger charge is 2.29. The largest absolute Gasteiger partial charge is 0.480 e. The van der Waals surface area contributed by atoms with Crippen LogP contribution in [-0.4, -0.2) is 59.3 Å². The average molecular weight is 665 g/mol. The number of likely N-dealkylation sites (tertiary alicyclic amines) is 1. The van der Waals surface area contributed by atoms with E-state index in [1.807, 2.05) is 6.07 Å². The zero-order valence-corrected chi connectivity index (χ0v) is 27.2. The molecule has 234 valence electrons. The number of piperidine rings is 1. The summed E-state index contributed by atoms with van der Waals surface area (Å²) in [5.41, 5.74) is 2.97. The van der Waals surface area contributed by atoms with Crippen molar-refractivity contribution in [1.29, 1.82) is 0 Å². The highest BCUT2D eigenvalue weighted by molar-refractivity contribution is 9.10. The molecule has 4 rings (SSSR count). The molecule has 0 radical (unpaired) electrons. The van der Waals surface area contributed by atoms with E-state index in [1.165, 1.54) is 11.1 Å². The third-order valence-corrected chi connectivity index (χ3v) is 8.40. The Hall–Kier alpha value is -3.69. The minimum absolute atomic E-state index is 0.0606. The number of alkyl carbamates (subject to hydrolysis) is 1. The second kappa shape index (κ2) is 15.3. The summed E-state index contributed by atoms with van der Waals surface area (Å²) in [7, 11) is 0. The average Bonchev–Trinajstić information content (AvgIpc) is 2.98. The van der Waals surface area contributed by atoms with E-state index in [0.29, 0.717) is 23.6 Å². The highest BCUT2D eigenvalue weighted by Crippen LogP contribution is 2.33. The van der Waals surface area contributed by atoms with Crippen molar-refractivity contribution in [3.8, 4) is 0 Å². The lowest BCUT2D eigenvalue weighted by Crippen LogP contribution is -2.44. The predicted octanol–water partition coefficient (Wildman–Crippen LogP) is 6.40. The number of carbonyl (C=O) groups is 3. The Kier molecular flexibility index (Phi) is 11.6. The summed E-state index contributed by atoms with van der Waals surface area (Å²) >= 11 is 3.54. The Labute approximate surface area is 268 Å². The van der Waals surface area contributed by atoms with Gasteiger partial charge in [0, 0.05) is 35.5 Å². The van der Waals surface area contributed by atoms with Crippen molar-refractivity contribution in [3.05, 3.63) is 106 Å². The summed E-state index contributed by atoms with van der Waals surface area (Å²) in [6.07, 6.45) is 1.38. The fourth-order valence-electron chi connectivity index (χ4n) is 5.60. The standard InChI is InChI=1S/C35H42BrN3O5/c1-35(2,3)44-34(43)38-31(33(41)42)21-24-9-11-28(12-10-24)32(40)37-22-30(26-13-15-29(36)16-14-26)27-17-19-39(20-18-27)23-25-7-5-4-6-8-25/h4-16,27,30-31H,17-23H2,1-3H3,(H,37,40)(H,38,43)(H,41,42)/t30-,31?/m0/s1. The van der Waals surface area contributed by atoms with Gasteiger partial charge < -0.3 is 20.5 Å². The van der Waals surface area contributed by atoms with Gasteiger partial charge in [0.15, 0.2) is 0 Å². The zero-order chi connectivity index (χ0) is 31.7. The first kappa shape index (κ1) is 33.2. The molecule has 1 unspecified atom stereocenters. The Bertz CT molecular complexity index is 1380. The number of halogens is 1. The molecule has 1 aliphatic rings. The topological polar surface area (TPSA) is 108 Å². The number of nitrogens with one attached hydrogen (secondary N) is 2. The molecular weight excluding hydrogens is 622 g/mol. The third kappa shape index (κ3) is 10.2. The van der Waals surface area contributed by atoms with E-state index >= 15 is 0 Å². The first-order valence-electron chi connectivity index (χ1n) is 15.1. The minimum Gasteiger partial charge on any atom is -0.480 e. The number of carboxylic acids is 1. The van der Waals surface area contributed by atoms with Gasteiger partial charge in [-0.1, -0.05) is 70.5 Å². The van der Waals surface area contributed by atoms with E-state index in [0.717, 1.165) is 36.9 Å². The lowest BCUT2D eigenvalue weighted by Gasteiger charge is -2.36. The maximum absolute atomic E-state index is 13.2. The fraction of sp³-hybridized carbons (Fsp3) is 0.400. The summed E-state index contributed by atoms with van der Waals surface area (Å²) in [5, 5.41) is 15.2. The van der Waals surface area contributed by atoms with E-state index < -0.39 is 23.7 Å². The number of rotatable bonds is 11. The first-order chi connectivity index (χ1) is 21.0. The van der Waals surface area contributed by atoms with Crippen LogP contribution in [0.15, 0.2) is 83.3 Å². The van der Waals surface area contributed by atoms with E-state index in [4.69, 9.17) is 4.74 Å². The first-order valence-corrected chi connectivity index (χ1v) is 15.9. The third-order valence-electron chi connectivity index (χ3n) is 7.88. The summed E-state index contributed by atoms with van der Waals surface area (Å²) in [6, 6.07) is 24.6. The van der Waals surface area contributed by atoms with Crippen molar-refractivity contribution < 1.29 is 24.2 Å². The minimum atomic E-state index is -1.16. The molecule has 0 spiro atoms. The van der Waals surface area contributed by atoms with Crippen LogP contribution >= 0.6 is 15.9 Å². The van der Waals surface area contributed by atoms with Crippen LogP contribution in [-0.2, 0) is 22.5 Å². The SMILES string of the molecule is CC(C)(C)OC(=O)NC(Cc1ccc(C(=O)NC[C@@H](c2ccc(Br)cc2)C2CCN(Cc3ccccc3)CC2)cc1)C(=O)O. The van der Waals surface area contributed by atoms with Gasteiger partial charge in [0.1, 0.15) is 11.6 Å². The van der Waals surface area contributed by atoms with Crippen molar-refractivity contribution in [2.45, 2.75) is 64.1 Å². The van der Waals surface area contributed by atoms with Crippen LogP contribution in [0.5, 0.6) is 0 Å². The van der Waals surface area contributed by atoms with Gasteiger partial charge in [0.25, 0.3) is 5.91 Å². The van der Waals surface area contributed by atoms with Gasteiger partial charge in [0.05, 0.1) is 0 Å². The highest BCUT2D eigenvalue weighted by atomic mass is 79.9. The number of carboxylic acid groups (broad SMARTS) is 1. The zero-order valence-electron chi connectivity index (χ0n) is 25.6. The number of benzene rings is 3. The number of aliphatic carboxylic acids is 1. The van der Waals surface area contributed by atoms with Crippen LogP contribution in [0, 0.1) is 5.92 Å². The maximum Gasteiger partial charge on any atom is 0.408 e.